The number of benzene rings is 1. The molecule has 1 unspecified atom stereocenters. The molecule has 0 aliphatic heterocycles. The van der Waals surface area contributed by atoms with Crippen LogP contribution in [0.3, 0.4) is 0 Å². The van der Waals surface area contributed by atoms with Crippen molar-refractivity contribution in [3.63, 3.8) is 0 Å². The van der Waals surface area contributed by atoms with Crippen molar-refractivity contribution in [2.24, 2.45) is 0 Å². The van der Waals surface area contributed by atoms with Gasteiger partial charge in [0.2, 0.25) is 0 Å². The molecule has 2 N–H and O–H groups in total. The Bertz CT molecular complexity index is 363. The molecule has 0 aromatic heterocycles. The van der Waals surface area contributed by atoms with E-state index in [1.54, 1.807) is 14.0 Å². The van der Waals surface area contributed by atoms with Crippen LogP contribution in [-0.4, -0.2) is 18.7 Å². The summed E-state index contributed by atoms with van der Waals surface area (Å²) >= 11 is 0. The van der Waals surface area contributed by atoms with Crippen molar-refractivity contribution >= 4 is 0 Å². The molecule has 0 saturated heterocycles. The van der Waals surface area contributed by atoms with Crippen LogP contribution in [0.5, 0.6) is 0 Å². The molecule has 0 bridgehead atoms. The normalized spacial score (nSPS) is 13.9. The van der Waals surface area contributed by atoms with Crippen LogP contribution in [-0.2, 0) is 6.18 Å². The second kappa shape index (κ2) is 4.84. The van der Waals surface area contributed by atoms with Crippen molar-refractivity contribution in [1.29, 1.82) is 0 Å². The van der Waals surface area contributed by atoms with Gasteiger partial charge in [-0.25, -0.2) is 0 Å². The fourth-order valence-electron chi connectivity index (χ4n) is 1.53. The summed E-state index contributed by atoms with van der Waals surface area (Å²) in [7, 11) is 1.67. The van der Waals surface area contributed by atoms with Crippen LogP contribution in [0.4, 0.5) is 13.2 Å². The molecule has 5 heteroatoms. The van der Waals surface area contributed by atoms with Gasteiger partial charge in [0.25, 0.3) is 0 Å². The van der Waals surface area contributed by atoms with Crippen molar-refractivity contribution in [1.82, 2.24) is 5.32 Å². The monoisotopic (exact) mass is 233 g/mol. The Kier molecular flexibility index (Phi) is 3.93. The first-order valence-corrected chi connectivity index (χ1v) is 4.86. The van der Waals surface area contributed by atoms with E-state index < -0.39 is 17.8 Å². The summed E-state index contributed by atoms with van der Waals surface area (Å²) in [5.74, 6) is 0. The second-order valence-electron chi connectivity index (χ2n) is 3.64. The molecule has 2 nitrogen and oxygen atoms in total. The minimum atomic E-state index is -4.34. The third-order valence-corrected chi connectivity index (χ3v) is 2.35. The fraction of sp³-hybridized carbons (Fsp3) is 0.455. The lowest BCUT2D eigenvalue weighted by Gasteiger charge is -2.15. The number of aryl methyl sites for hydroxylation is 1. The van der Waals surface area contributed by atoms with Gasteiger partial charge in [0.15, 0.2) is 0 Å². The van der Waals surface area contributed by atoms with E-state index in [2.05, 4.69) is 5.32 Å². The molecule has 1 rings (SSSR count). The van der Waals surface area contributed by atoms with E-state index in [9.17, 15) is 18.3 Å². The molecule has 0 radical (unpaired) electrons. The van der Waals surface area contributed by atoms with Gasteiger partial charge in [0.05, 0.1) is 11.7 Å². The predicted octanol–water partition coefficient (Wildman–Crippen LogP) is 2.27. The lowest BCUT2D eigenvalue weighted by molar-refractivity contribution is -0.137. The topological polar surface area (TPSA) is 32.3 Å². The maximum Gasteiger partial charge on any atom is 0.416 e. The van der Waals surface area contributed by atoms with Crippen molar-refractivity contribution in [3.05, 3.63) is 34.9 Å². The van der Waals surface area contributed by atoms with Crippen molar-refractivity contribution < 1.29 is 18.3 Å². The van der Waals surface area contributed by atoms with Crippen molar-refractivity contribution in [2.75, 3.05) is 13.6 Å². The largest absolute Gasteiger partial charge is 0.416 e. The zero-order valence-corrected chi connectivity index (χ0v) is 9.10. The van der Waals surface area contributed by atoms with Gasteiger partial charge < -0.3 is 10.4 Å². The van der Waals surface area contributed by atoms with Gasteiger partial charge in [-0.1, -0.05) is 6.07 Å². The first-order chi connectivity index (χ1) is 7.36. The van der Waals surface area contributed by atoms with E-state index in [4.69, 9.17) is 0 Å². The number of rotatable bonds is 3. The molecule has 0 spiro atoms. The number of nitrogens with one attached hydrogen (secondary N) is 1. The van der Waals surface area contributed by atoms with Crippen molar-refractivity contribution in [3.8, 4) is 0 Å². The Hall–Kier alpha value is -1.07. The van der Waals surface area contributed by atoms with Gasteiger partial charge in [-0.05, 0) is 37.2 Å². The highest BCUT2D eigenvalue weighted by molar-refractivity contribution is 5.34. The zero-order valence-electron chi connectivity index (χ0n) is 9.10. The maximum atomic E-state index is 12.4. The minimum Gasteiger partial charge on any atom is -0.387 e. The van der Waals surface area contributed by atoms with Crippen LogP contribution in [0.2, 0.25) is 0 Å². The summed E-state index contributed by atoms with van der Waals surface area (Å²) in [6.45, 7) is 1.87. The Morgan fingerprint density at radius 2 is 2.00 bits per heavy atom. The highest BCUT2D eigenvalue weighted by Gasteiger charge is 2.30. The molecule has 16 heavy (non-hydrogen) atoms. The van der Waals surface area contributed by atoms with Crippen LogP contribution in [0.25, 0.3) is 0 Å². The van der Waals surface area contributed by atoms with Crippen LogP contribution < -0.4 is 5.32 Å². The number of halogens is 3. The average Bonchev–Trinajstić information content (AvgIpc) is 2.16. The smallest absolute Gasteiger partial charge is 0.387 e. The highest BCUT2D eigenvalue weighted by Crippen LogP contribution is 2.31. The SMILES string of the molecule is CNCC(O)c1ccc(C(F)(F)F)cc1C. The number of likely N-dealkylation sites (N-methyl/N-ethyl adjacent to an activating group) is 1. The number of hydrogen-bond donors (Lipinski definition) is 2. The highest BCUT2D eigenvalue weighted by atomic mass is 19.4. The van der Waals surface area contributed by atoms with Gasteiger partial charge >= 0.3 is 6.18 Å². The van der Waals surface area contributed by atoms with Crippen LogP contribution in [0.1, 0.15) is 22.8 Å². The van der Waals surface area contributed by atoms with Gasteiger partial charge in [-0.2, -0.15) is 13.2 Å². The Balaban J connectivity index is 3.00. The van der Waals surface area contributed by atoms with Gasteiger partial charge in [-0.15, -0.1) is 0 Å². The average molecular weight is 233 g/mol. The molecule has 0 saturated carbocycles. The first kappa shape index (κ1) is 13.0. The molecule has 0 heterocycles. The number of alkyl halides is 3. The molecule has 0 amide bonds. The van der Waals surface area contributed by atoms with E-state index in [0.717, 1.165) is 12.1 Å². The lowest BCUT2D eigenvalue weighted by atomic mass is 10.0. The summed E-state index contributed by atoms with van der Waals surface area (Å²) in [4.78, 5) is 0. The standard InChI is InChI=1S/C11H14F3NO/c1-7-5-8(11(12,13)14)3-4-9(7)10(16)6-15-2/h3-5,10,15-16H,6H2,1-2H3. The number of aliphatic hydroxyl groups excluding tert-OH is 1. The van der Waals surface area contributed by atoms with Crippen molar-refractivity contribution in [2.45, 2.75) is 19.2 Å². The predicted molar refractivity (Wildman–Crippen MR) is 55.1 cm³/mol. The second-order valence-corrected chi connectivity index (χ2v) is 3.64. The van der Waals surface area contributed by atoms with E-state index in [1.165, 1.54) is 6.07 Å². The van der Waals surface area contributed by atoms with Crippen LogP contribution >= 0.6 is 0 Å². The Labute approximate surface area is 92.1 Å². The summed E-state index contributed by atoms with van der Waals surface area (Å²) in [5, 5.41) is 12.4. The van der Waals surface area contributed by atoms with E-state index in [1.807, 2.05) is 0 Å². The summed E-state index contributed by atoms with van der Waals surface area (Å²) in [6.07, 6.45) is -5.12. The van der Waals surface area contributed by atoms with Crippen LogP contribution in [0, 0.1) is 6.92 Å². The molecule has 1 atom stereocenters. The third kappa shape index (κ3) is 2.96. The van der Waals surface area contributed by atoms with E-state index >= 15 is 0 Å². The Morgan fingerprint density at radius 3 is 2.44 bits per heavy atom. The Morgan fingerprint density at radius 1 is 1.38 bits per heavy atom. The molecular formula is C11H14F3NO. The molecule has 0 aliphatic carbocycles. The first-order valence-electron chi connectivity index (χ1n) is 4.86. The number of hydrogen-bond acceptors (Lipinski definition) is 2. The molecule has 1 aromatic rings. The molecule has 90 valence electrons. The minimum absolute atomic E-state index is 0.312. The van der Waals surface area contributed by atoms with E-state index in [-0.39, 0.29) is 0 Å². The summed E-state index contributed by atoms with van der Waals surface area (Å²) < 4.78 is 37.1. The van der Waals surface area contributed by atoms with E-state index in [0.29, 0.717) is 17.7 Å². The summed E-state index contributed by atoms with van der Waals surface area (Å²) in [5.41, 5.74) is 0.269. The van der Waals surface area contributed by atoms with Crippen LogP contribution in [0.15, 0.2) is 18.2 Å². The number of aliphatic hydroxyl groups is 1. The maximum absolute atomic E-state index is 12.4. The molecule has 1 aromatic carbocycles. The molecular weight excluding hydrogens is 219 g/mol. The zero-order chi connectivity index (χ0) is 12.3. The van der Waals surface area contributed by atoms with Gasteiger partial charge in [0.1, 0.15) is 0 Å². The lowest BCUT2D eigenvalue weighted by Crippen LogP contribution is -2.18. The third-order valence-electron chi connectivity index (χ3n) is 2.35. The quantitative estimate of drug-likeness (QED) is 0.839. The fourth-order valence-corrected chi connectivity index (χ4v) is 1.53. The van der Waals surface area contributed by atoms with Gasteiger partial charge in [-0.3, -0.25) is 0 Å². The van der Waals surface area contributed by atoms with Gasteiger partial charge in [0, 0.05) is 6.54 Å². The summed E-state index contributed by atoms with van der Waals surface area (Å²) in [6, 6.07) is 3.36. The molecule has 0 fully saturated rings. The molecule has 0 aliphatic rings.